The Bertz CT molecular complexity index is 604. The van der Waals surface area contributed by atoms with E-state index in [1.165, 1.54) is 0 Å². The number of aromatic carboxylic acids is 1. The van der Waals surface area contributed by atoms with E-state index in [-0.39, 0.29) is 24.0 Å². The molecule has 0 aliphatic carbocycles. The van der Waals surface area contributed by atoms with Gasteiger partial charge < -0.3 is 10.2 Å². The third-order valence-corrected chi connectivity index (χ3v) is 2.74. The average Bonchev–Trinajstić information content (AvgIpc) is 2.29. The van der Waals surface area contributed by atoms with Gasteiger partial charge in [-0.15, -0.1) is 0 Å². The van der Waals surface area contributed by atoms with Gasteiger partial charge in [-0.1, -0.05) is 24.3 Å². The van der Waals surface area contributed by atoms with Crippen molar-refractivity contribution < 1.29 is 23.8 Å². The molecule has 2 N–H and O–H groups in total. The number of carboxylic acids is 1. The molecule has 5 heteroatoms. The fraction of sp³-hybridized carbons (Fsp3) is 0.267. The molecule has 0 aliphatic heterocycles. The lowest BCUT2D eigenvalue weighted by atomic mass is 9.92. The summed E-state index contributed by atoms with van der Waals surface area (Å²) in [6.07, 6.45) is 0.0742. The SMILES string of the molecule is C=C(C)Cc1c(O)c(C(=O)O)c(F)c(F)c1CC(=C)C. The number of hydrogen-bond donors (Lipinski definition) is 2. The van der Waals surface area contributed by atoms with Gasteiger partial charge in [-0.3, -0.25) is 0 Å². The summed E-state index contributed by atoms with van der Waals surface area (Å²) in [6, 6.07) is 0. The maximum atomic E-state index is 14.1. The molecule has 0 spiro atoms. The zero-order valence-electron chi connectivity index (χ0n) is 11.4. The van der Waals surface area contributed by atoms with Crippen LogP contribution in [-0.4, -0.2) is 16.2 Å². The average molecular weight is 282 g/mol. The Kier molecular flexibility index (Phi) is 4.65. The van der Waals surface area contributed by atoms with Crippen molar-refractivity contribution in [1.29, 1.82) is 0 Å². The van der Waals surface area contributed by atoms with Crippen LogP contribution in [0.5, 0.6) is 5.75 Å². The van der Waals surface area contributed by atoms with E-state index in [2.05, 4.69) is 13.2 Å². The van der Waals surface area contributed by atoms with Gasteiger partial charge in [0.05, 0.1) is 0 Å². The van der Waals surface area contributed by atoms with Crippen LogP contribution in [0.1, 0.15) is 35.3 Å². The Morgan fingerprint density at radius 2 is 1.50 bits per heavy atom. The number of hydrogen-bond acceptors (Lipinski definition) is 2. The predicted octanol–water partition coefficient (Wildman–Crippen LogP) is 3.61. The van der Waals surface area contributed by atoms with Crippen molar-refractivity contribution in [3.05, 3.63) is 52.6 Å². The molecular formula is C15H16F2O3. The summed E-state index contributed by atoms with van der Waals surface area (Å²) in [4.78, 5) is 11.0. The third kappa shape index (κ3) is 3.04. The molecular weight excluding hydrogens is 266 g/mol. The van der Waals surface area contributed by atoms with Crippen LogP contribution in [0.25, 0.3) is 0 Å². The van der Waals surface area contributed by atoms with Crippen LogP contribution >= 0.6 is 0 Å². The summed E-state index contributed by atoms with van der Waals surface area (Å²) in [5.74, 6) is -5.30. The fourth-order valence-corrected chi connectivity index (χ4v) is 1.95. The molecule has 0 saturated carbocycles. The first kappa shape index (κ1) is 15.9. The highest BCUT2D eigenvalue weighted by atomic mass is 19.2. The largest absolute Gasteiger partial charge is 0.507 e. The van der Waals surface area contributed by atoms with E-state index in [1.807, 2.05) is 0 Å². The van der Waals surface area contributed by atoms with Crippen molar-refractivity contribution in [2.75, 3.05) is 0 Å². The smallest absolute Gasteiger partial charge is 0.342 e. The molecule has 1 aromatic rings. The first-order valence-corrected chi connectivity index (χ1v) is 5.90. The first-order chi connectivity index (χ1) is 9.16. The molecule has 1 rings (SSSR count). The molecule has 0 heterocycles. The van der Waals surface area contributed by atoms with E-state index in [9.17, 15) is 18.7 Å². The first-order valence-electron chi connectivity index (χ1n) is 5.90. The summed E-state index contributed by atoms with van der Waals surface area (Å²) in [6.45, 7) is 10.5. The Morgan fingerprint density at radius 1 is 1.05 bits per heavy atom. The van der Waals surface area contributed by atoms with Crippen molar-refractivity contribution in [2.24, 2.45) is 0 Å². The van der Waals surface area contributed by atoms with Gasteiger partial charge in [-0.2, -0.15) is 0 Å². The number of phenols is 1. The molecule has 0 aromatic heterocycles. The maximum Gasteiger partial charge on any atom is 0.342 e. The highest BCUT2D eigenvalue weighted by Gasteiger charge is 2.27. The molecule has 0 bridgehead atoms. The van der Waals surface area contributed by atoms with Gasteiger partial charge >= 0.3 is 5.97 Å². The van der Waals surface area contributed by atoms with E-state index in [1.54, 1.807) is 13.8 Å². The summed E-state index contributed by atoms with van der Waals surface area (Å²) >= 11 is 0. The lowest BCUT2D eigenvalue weighted by molar-refractivity contribution is 0.0686. The van der Waals surface area contributed by atoms with Gasteiger partial charge in [0, 0.05) is 11.1 Å². The highest BCUT2D eigenvalue weighted by molar-refractivity contribution is 5.92. The van der Waals surface area contributed by atoms with Crippen molar-refractivity contribution in [3.8, 4) is 5.75 Å². The Labute approximate surface area is 115 Å². The molecule has 108 valence electrons. The molecule has 20 heavy (non-hydrogen) atoms. The lowest BCUT2D eigenvalue weighted by Gasteiger charge is -2.16. The van der Waals surface area contributed by atoms with Crippen LogP contribution in [0.3, 0.4) is 0 Å². The standard InChI is InChI=1S/C15H16F2O3/c1-7(2)5-9-10(6-8(3)4)14(18)11(15(19)20)13(17)12(9)16/h18H,1,3,5-6H2,2,4H3,(H,19,20). The normalized spacial score (nSPS) is 10.4. The number of carbonyl (C=O) groups is 1. The summed E-state index contributed by atoms with van der Waals surface area (Å²) < 4.78 is 27.8. The van der Waals surface area contributed by atoms with Crippen LogP contribution in [0, 0.1) is 11.6 Å². The summed E-state index contributed by atoms with van der Waals surface area (Å²) in [5, 5.41) is 18.8. The molecule has 0 fully saturated rings. The Balaban J connectivity index is 3.69. The van der Waals surface area contributed by atoms with Crippen LogP contribution in [0.2, 0.25) is 0 Å². The van der Waals surface area contributed by atoms with Gasteiger partial charge in [-0.05, 0) is 26.7 Å². The predicted molar refractivity (Wildman–Crippen MR) is 72.0 cm³/mol. The molecule has 0 radical (unpaired) electrons. The van der Waals surface area contributed by atoms with Crippen LogP contribution in [0.4, 0.5) is 8.78 Å². The molecule has 0 saturated heterocycles. The van der Waals surface area contributed by atoms with Crippen LogP contribution in [0.15, 0.2) is 24.3 Å². The fourth-order valence-electron chi connectivity index (χ4n) is 1.95. The second kappa shape index (κ2) is 5.86. The van der Waals surface area contributed by atoms with Gasteiger partial charge in [0.2, 0.25) is 0 Å². The maximum absolute atomic E-state index is 14.1. The number of benzene rings is 1. The quantitative estimate of drug-likeness (QED) is 0.811. The third-order valence-electron chi connectivity index (χ3n) is 2.74. The number of carboxylic acid groups (broad SMARTS) is 1. The van der Waals surface area contributed by atoms with Gasteiger partial charge in [0.25, 0.3) is 0 Å². The van der Waals surface area contributed by atoms with Crippen LogP contribution < -0.4 is 0 Å². The minimum atomic E-state index is -1.72. The lowest BCUT2D eigenvalue weighted by Crippen LogP contribution is -2.11. The van der Waals surface area contributed by atoms with Crippen LogP contribution in [-0.2, 0) is 12.8 Å². The number of halogens is 2. The molecule has 0 unspecified atom stereocenters. The highest BCUT2D eigenvalue weighted by Crippen LogP contribution is 2.34. The summed E-state index contributed by atoms with van der Waals surface area (Å²) in [5.41, 5.74) is 0.0564. The van der Waals surface area contributed by atoms with Gasteiger partial charge in [-0.25, -0.2) is 13.6 Å². The summed E-state index contributed by atoms with van der Waals surface area (Å²) in [7, 11) is 0. The second-order valence-electron chi connectivity index (χ2n) is 4.88. The van der Waals surface area contributed by atoms with Crippen molar-refractivity contribution >= 4 is 5.97 Å². The van der Waals surface area contributed by atoms with E-state index in [0.717, 1.165) is 0 Å². The van der Waals surface area contributed by atoms with E-state index in [4.69, 9.17) is 5.11 Å². The van der Waals surface area contributed by atoms with E-state index < -0.39 is 28.9 Å². The van der Waals surface area contributed by atoms with Crippen molar-refractivity contribution in [1.82, 2.24) is 0 Å². The van der Waals surface area contributed by atoms with E-state index >= 15 is 0 Å². The minimum absolute atomic E-state index is 0.0127. The number of aromatic hydroxyl groups is 1. The molecule has 0 atom stereocenters. The Hall–Kier alpha value is -2.17. The topological polar surface area (TPSA) is 57.5 Å². The monoisotopic (exact) mass is 282 g/mol. The van der Waals surface area contributed by atoms with Crippen molar-refractivity contribution in [2.45, 2.75) is 26.7 Å². The van der Waals surface area contributed by atoms with Gasteiger partial charge in [0.15, 0.2) is 11.6 Å². The Morgan fingerprint density at radius 3 is 1.90 bits per heavy atom. The minimum Gasteiger partial charge on any atom is -0.507 e. The molecule has 0 amide bonds. The van der Waals surface area contributed by atoms with Crippen molar-refractivity contribution in [3.63, 3.8) is 0 Å². The second-order valence-corrected chi connectivity index (χ2v) is 4.88. The number of allylic oxidation sites excluding steroid dienone is 2. The van der Waals surface area contributed by atoms with E-state index in [0.29, 0.717) is 11.1 Å². The molecule has 1 aromatic carbocycles. The molecule has 0 aliphatic rings. The molecule has 3 nitrogen and oxygen atoms in total. The number of rotatable bonds is 5. The zero-order chi connectivity index (χ0) is 15.6. The van der Waals surface area contributed by atoms with Gasteiger partial charge in [0.1, 0.15) is 11.3 Å². The zero-order valence-corrected chi connectivity index (χ0v) is 11.4.